The molecule has 0 aromatic carbocycles. The van der Waals surface area contributed by atoms with E-state index < -0.39 is 6.17 Å². The fourth-order valence-corrected chi connectivity index (χ4v) is 3.31. The minimum atomic E-state index is -0.713. The van der Waals surface area contributed by atoms with Crippen LogP contribution in [0.4, 0.5) is 4.39 Å². The summed E-state index contributed by atoms with van der Waals surface area (Å²) in [4.78, 5) is 0. The lowest BCUT2D eigenvalue weighted by Gasteiger charge is -2.32. The van der Waals surface area contributed by atoms with Gasteiger partial charge in [0.25, 0.3) is 0 Å². The van der Waals surface area contributed by atoms with E-state index in [-0.39, 0.29) is 11.7 Å². The maximum Gasteiger partial charge on any atom is 0.130 e. The normalized spacial score (nSPS) is 38.3. The molecule has 1 heterocycles. The third-order valence-electron chi connectivity index (χ3n) is 3.29. The van der Waals surface area contributed by atoms with Crippen molar-refractivity contribution in [2.45, 2.75) is 56.4 Å². The van der Waals surface area contributed by atoms with Crippen LogP contribution in [0.25, 0.3) is 0 Å². The molecule has 13 heavy (non-hydrogen) atoms. The van der Waals surface area contributed by atoms with Gasteiger partial charge in [-0.1, -0.05) is 41.9 Å². The van der Waals surface area contributed by atoms with Crippen LogP contribution in [-0.4, -0.2) is 22.3 Å². The van der Waals surface area contributed by atoms with Crippen LogP contribution in [0.5, 0.6) is 0 Å². The number of rotatable bonds is 1. The molecule has 0 aromatic rings. The van der Waals surface area contributed by atoms with Gasteiger partial charge in [-0.25, -0.2) is 4.39 Å². The zero-order chi connectivity index (χ0) is 9.31. The zero-order valence-electron chi connectivity index (χ0n) is 7.77. The van der Waals surface area contributed by atoms with Gasteiger partial charge in [-0.05, 0) is 12.8 Å². The first kappa shape index (κ1) is 10.1. The minimum absolute atomic E-state index is 0.0620. The first-order chi connectivity index (χ1) is 6.26. The van der Waals surface area contributed by atoms with Gasteiger partial charge in [-0.3, -0.25) is 0 Å². The second-order valence-corrected chi connectivity index (χ2v) is 5.16. The maximum atomic E-state index is 13.5. The molecule has 3 heteroatoms. The standard InChI is InChI=1S/C10H16FIO/c11-8-6-10(13-9(8)7-12)4-2-1-3-5-10/h8-9H,1-7H2/t8-,9-/m1/s1. The summed E-state index contributed by atoms with van der Waals surface area (Å²) in [6, 6.07) is 0. The Morgan fingerprint density at radius 1 is 1.31 bits per heavy atom. The van der Waals surface area contributed by atoms with E-state index in [4.69, 9.17) is 4.74 Å². The lowest BCUT2D eigenvalue weighted by molar-refractivity contribution is -0.0579. The molecule has 1 aliphatic carbocycles. The van der Waals surface area contributed by atoms with Crippen LogP contribution in [0.1, 0.15) is 38.5 Å². The Labute approximate surface area is 92.6 Å². The molecule has 0 radical (unpaired) electrons. The summed E-state index contributed by atoms with van der Waals surface area (Å²) < 4.78 is 20.1. The number of alkyl halides is 2. The summed E-state index contributed by atoms with van der Waals surface area (Å²) in [5.74, 6) is 0. The monoisotopic (exact) mass is 298 g/mol. The Balaban J connectivity index is 2.01. The highest BCUT2D eigenvalue weighted by molar-refractivity contribution is 14.1. The minimum Gasteiger partial charge on any atom is -0.368 e. The van der Waals surface area contributed by atoms with Crippen LogP contribution in [0.2, 0.25) is 0 Å². The Morgan fingerprint density at radius 3 is 2.54 bits per heavy atom. The van der Waals surface area contributed by atoms with Crippen LogP contribution in [0.3, 0.4) is 0 Å². The van der Waals surface area contributed by atoms with Gasteiger partial charge in [0.1, 0.15) is 6.17 Å². The predicted molar refractivity (Wildman–Crippen MR) is 59.1 cm³/mol. The molecule has 1 nitrogen and oxygen atoms in total. The molecular weight excluding hydrogens is 282 g/mol. The average molecular weight is 298 g/mol. The second kappa shape index (κ2) is 4.01. The summed E-state index contributed by atoms with van der Waals surface area (Å²) in [6.45, 7) is 0. The van der Waals surface area contributed by atoms with Crippen LogP contribution >= 0.6 is 22.6 Å². The van der Waals surface area contributed by atoms with E-state index >= 15 is 0 Å². The summed E-state index contributed by atoms with van der Waals surface area (Å²) in [7, 11) is 0. The molecule has 0 bridgehead atoms. The van der Waals surface area contributed by atoms with Crippen LogP contribution in [0.15, 0.2) is 0 Å². The summed E-state index contributed by atoms with van der Waals surface area (Å²) in [5.41, 5.74) is -0.0620. The van der Waals surface area contributed by atoms with Crippen LogP contribution < -0.4 is 0 Å². The van der Waals surface area contributed by atoms with Gasteiger partial charge in [-0.2, -0.15) is 0 Å². The lowest BCUT2D eigenvalue weighted by Crippen LogP contribution is -2.31. The molecular formula is C10H16FIO. The third-order valence-corrected chi connectivity index (χ3v) is 4.16. The molecule has 76 valence electrons. The lowest BCUT2D eigenvalue weighted by atomic mass is 9.82. The van der Waals surface area contributed by atoms with Gasteiger partial charge in [-0.15, -0.1) is 0 Å². The number of hydrogen-bond acceptors (Lipinski definition) is 1. The highest BCUT2D eigenvalue weighted by Crippen LogP contribution is 2.43. The molecule has 2 fully saturated rings. The maximum absolute atomic E-state index is 13.5. The molecule has 1 saturated heterocycles. The Morgan fingerprint density at radius 2 is 2.00 bits per heavy atom. The highest BCUT2D eigenvalue weighted by Gasteiger charge is 2.46. The Hall–Kier alpha value is 0.620. The van der Waals surface area contributed by atoms with Crippen molar-refractivity contribution in [3.63, 3.8) is 0 Å². The van der Waals surface area contributed by atoms with E-state index in [9.17, 15) is 4.39 Å². The summed E-state index contributed by atoms with van der Waals surface area (Å²) in [5, 5.41) is 0. The molecule has 1 saturated carbocycles. The van der Waals surface area contributed by atoms with Crippen LogP contribution in [-0.2, 0) is 4.74 Å². The molecule has 0 amide bonds. The van der Waals surface area contributed by atoms with Gasteiger partial charge in [0.15, 0.2) is 0 Å². The van der Waals surface area contributed by atoms with E-state index in [1.54, 1.807) is 0 Å². The first-order valence-corrected chi connectivity index (χ1v) is 6.66. The van der Waals surface area contributed by atoms with Crippen molar-refractivity contribution in [2.24, 2.45) is 0 Å². The van der Waals surface area contributed by atoms with Crippen molar-refractivity contribution in [1.82, 2.24) is 0 Å². The molecule has 0 aromatic heterocycles. The van der Waals surface area contributed by atoms with Crippen molar-refractivity contribution >= 4 is 22.6 Å². The van der Waals surface area contributed by atoms with E-state index in [2.05, 4.69) is 22.6 Å². The SMILES string of the molecule is F[C@@H]1CC2(CCCCC2)O[C@@H]1CI. The zero-order valence-corrected chi connectivity index (χ0v) is 9.93. The molecule has 2 aliphatic rings. The fourth-order valence-electron chi connectivity index (χ4n) is 2.58. The van der Waals surface area contributed by atoms with Gasteiger partial charge < -0.3 is 4.74 Å². The summed E-state index contributed by atoms with van der Waals surface area (Å²) in [6.07, 6.45) is 5.73. The molecule has 2 rings (SSSR count). The first-order valence-electron chi connectivity index (χ1n) is 5.14. The van der Waals surface area contributed by atoms with Crippen molar-refractivity contribution in [3.05, 3.63) is 0 Å². The highest BCUT2D eigenvalue weighted by atomic mass is 127. The Kier molecular flexibility index (Phi) is 3.13. The average Bonchev–Trinajstić information content (AvgIpc) is 2.44. The number of halogens is 2. The second-order valence-electron chi connectivity index (χ2n) is 4.27. The number of ether oxygens (including phenoxy) is 1. The van der Waals surface area contributed by atoms with Gasteiger partial charge >= 0.3 is 0 Å². The van der Waals surface area contributed by atoms with E-state index in [1.165, 1.54) is 19.3 Å². The van der Waals surface area contributed by atoms with Crippen LogP contribution in [0, 0.1) is 0 Å². The molecule has 0 N–H and O–H groups in total. The van der Waals surface area contributed by atoms with Gasteiger partial charge in [0.2, 0.25) is 0 Å². The van der Waals surface area contributed by atoms with E-state index in [0.29, 0.717) is 6.42 Å². The van der Waals surface area contributed by atoms with Crippen molar-refractivity contribution < 1.29 is 9.13 Å². The molecule has 0 unspecified atom stereocenters. The number of hydrogen-bond donors (Lipinski definition) is 0. The fraction of sp³-hybridized carbons (Fsp3) is 1.00. The van der Waals surface area contributed by atoms with Crippen molar-refractivity contribution in [3.8, 4) is 0 Å². The molecule has 1 spiro atoms. The smallest absolute Gasteiger partial charge is 0.130 e. The molecule has 1 aliphatic heterocycles. The largest absolute Gasteiger partial charge is 0.368 e. The topological polar surface area (TPSA) is 9.23 Å². The predicted octanol–water partition coefficient (Wildman–Crippen LogP) is 3.25. The van der Waals surface area contributed by atoms with Crippen molar-refractivity contribution in [1.29, 1.82) is 0 Å². The summed E-state index contributed by atoms with van der Waals surface area (Å²) >= 11 is 2.22. The van der Waals surface area contributed by atoms with Gasteiger partial charge in [0, 0.05) is 10.8 Å². The van der Waals surface area contributed by atoms with Crippen molar-refractivity contribution in [2.75, 3.05) is 4.43 Å². The van der Waals surface area contributed by atoms with Gasteiger partial charge in [0.05, 0.1) is 11.7 Å². The van der Waals surface area contributed by atoms with E-state index in [0.717, 1.165) is 17.3 Å². The molecule has 2 atom stereocenters. The van der Waals surface area contributed by atoms with E-state index in [1.807, 2.05) is 0 Å². The quantitative estimate of drug-likeness (QED) is 0.533. The third kappa shape index (κ3) is 2.01. The Bertz CT molecular complexity index is 180.